The molecule has 3 heterocycles. The van der Waals surface area contributed by atoms with E-state index in [9.17, 15) is 4.79 Å². The minimum atomic E-state index is -0.154. The van der Waals surface area contributed by atoms with Crippen molar-refractivity contribution in [2.45, 2.75) is 18.3 Å². The summed E-state index contributed by atoms with van der Waals surface area (Å²) in [5, 5.41) is 1.04. The molecule has 0 saturated carbocycles. The maximum atomic E-state index is 13.5. The van der Waals surface area contributed by atoms with Gasteiger partial charge in [0.15, 0.2) is 5.69 Å². The van der Waals surface area contributed by atoms with Gasteiger partial charge in [-0.15, -0.1) is 0 Å². The van der Waals surface area contributed by atoms with E-state index in [1.54, 1.807) is 24.4 Å². The lowest BCUT2D eigenvalue weighted by atomic mass is 9.74. The summed E-state index contributed by atoms with van der Waals surface area (Å²) in [5.41, 5.74) is 4.11. The molecule has 0 N–H and O–H groups in total. The van der Waals surface area contributed by atoms with E-state index < -0.39 is 0 Å². The molecular formula is C28H24Cl2N4O. The summed E-state index contributed by atoms with van der Waals surface area (Å²) >= 11 is 12.0. The number of nitrogens with zero attached hydrogens (tertiary/aromatic N) is 4. The molecule has 3 aromatic rings. The number of halogens is 2. The van der Waals surface area contributed by atoms with Crippen molar-refractivity contribution in [3.05, 3.63) is 105 Å². The van der Waals surface area contributed by atoms with E-state index in [0.717, 1.165) is 54.3 Å². The number of likely N-dealkylation sites (tertiary alicyclic amines) is 1. The van der Waals surface area contributed by atoms with Crippen LogP contribution in [0.5, 0.6) is 0 Å². The lowest BCUT2D eigenvalue weighted by Crippen LogP contribution is -2.46. The van der Waals surface area contributed by atoms with Crippen molar-refractivity contribution in [1.82, 2.24) is 9.88 Å². The van der Waals surface area contributed by atoms with Crippen LogP contribution in [0.4, 0.5) is 11.4 Å². The number of hydrogen-bond donors (Lipinski definition) is 0. The van der Waals surface area contributed by atoms with Gasteiger partial charge in [-0.05, 0) is 67.4 Å². The minimum Gasteiger partial charge on any atom is -0.307 e. The van der Waals surface area contributed by atoms with Gasteiger partial charge in [0.25, 0.3) is 5.91 Å². The highest BCUT2D eigenvalue weighted by atomic mass is 35.5. The van der Waals surface area contributed by atoms with Crippen LogP contribution in [-0.2, 0) is 5.41 Å². The van der Waals surface area contributed by atoms with Gasteiger partial charge in [-0.25, -0.2) is 9.83 Å². The first-order valence-electron chi connectivity index (χ1n) is 11.6. The third kappa shape index (κ3) is 4.83. The molecule has 7 heteroatoms. The SMILES string of the molecule is [C-]#[N+]c1ccc2c(c1)C1(CCN(CC=Cc3ccc(Cl)cc3)CC1)CN2C(=O)c1ccnc(Cl)c1. The molecule has 2 aromatic carbocycles. The maximum Gasteiger partial charge on any atom is 0.258 e. The van der Waals surface area contributed by atoms with Gasteiger partial charge in [-0.2, -0.15) is 0 Å². The highest BCUT2D eigenvalue weighted by Crippen LogP contribution is 2.48. The smallest absolute Gasteiger partial charge is 0.258 e. The zero-order valence-electron chi connectivity index (χ0n) is 19.1. The number of carbonyl (C=O) groups excluding carboxylic acids is 1. The van der Waals surface area contributed by atoms with E-state index in [2.05, 4.69) is 26.9 Å². The van der Waals surface area contributed by atoms with Gasteiger partial charge in [-0.1, -0.05) is 59.6 Å². The Morgan fingerprint density at radius 1 is 1.09 bits per heavy atom. The number of carbonyl (C=O) groups is 1. The average molecular weight is 503 g/mol. The highest BCUT2D eigenvalue weighted by Gasteiger charge is 2.46. The van der Waals surface area contributed by atoms with Crippen LogP contribution in [0.2, 0.25) is 10.2 Å². The molecule has 0 bridgehead atoms. The van der Waals surface area contributed by atoms with Gasteiger partial charge in [-0.3, -0.25) is 9.69 Å². The van der Waals surface area contributed by atoms with Crippen molar-refractivity contribution >= 4 is 46.6 Å². The van der Waals surface area contributed by atoms with Crippen LogP contribution in [0.25, 0.3) is 10.9 Å². The summed E-state index contributed by atoms with van der Waals surface area (Å²) in [6, 6.07) is 16.8. The molecule has 1 aromatic heterocycles. The topological polar surface area (TPSA) is 40.8 Å². The predicted octanol–water partition coefficient (Wildman–Crippen LogP) is 6.65. The van der Waals surface area contributed by atoms with Gasteiger partial charge >= 0.3 is 0 Å². The van der Waals surface area contributed by atoms with Crippen LogP contribution < -0.4 is 4.90 Å². The fraction of sp³-hybridized carbons (Fsp3) is 0.250. The van der Waals surface area contributed by atoms with Crippen LogP contribution in [0, 0.1) is 6.57 Å². The monoisotopic (exact) mass is 502 g/mol. The minimum absolute atomic E-state index is 0.0867. The molecule has 1 fully saturated rings. The first-order valence-corrected chi connectivity index (χ1v) is 12.3. The Hall–Kier alpha value is -3.17. The van der Waals surface area contributed by atoms with Gasteiger partial charge in [0.05, 0.1) is 6.57 Å². The van der Waals surface area contributed by atoms with E-state index in [1.807, 2.05) is 41.3 Å². The molecule has 5 rings (SSSR count). The number of aromatic nitrogens is 1. The Morgan fingerprint density at radius 2 is 1.86 bits per heavy atom. The Morgan fingerprint density at radius 3 is 2.57 bits per heavy atom. The number of fused-ring (bicyclic) bond motifs is 2. The zero-order valence-corrected chi connectivity index (χ0v) is 20.6. The van der Waals surface area contributed by atoms with Crippen molar-refractivity contribution in [2.24, 2.45) is 0 Å². The number of pyridine rings is 1. The van der Waals surface area contributed by atoms with Crippen LogP contribution in [0.1, 0.15) is 34.3 Å². The van der Waals surface area contributed by atoms with Crippen molar-refractivity contribution < 1.29 is 4.79 Å². The van der Waals surface area contributed by atoms with Crippen LogP contribution in [-0.4, -0.2) is 42.0 Å². The molecule has 176 valence electrons. The fourth-order valence-electron chi connectivity index (χ4n) is 5.10. The third-order valence-electron chi connectivity index (χ3n) is 7.01. The number of piperidine rings is 1. The molecule has 1 spiro atoms. The van der Waals surface area contributed by atoms with Crippen molar-refractivity contribution in [2.75, 3.05) is 31.1 Å². The third-order valence-corrected chi connectivity index (χ3v) is 7.47. The van der Waals surface area contributed by atoms with Crippen LogP contribution >= 0.6 is 23.2 Å². The predicted molar refractivity (Wildman–Crippen MR) is 141 cm³/mol. The standard InChI is InChI=1S/C28H24Cl2N4O/c1-31-23-8-9-25-24(18-23)28(19-34(25)27(35)21-10-13-32-26(30)17-21)11-15-33(16-12-28)14-2-3-20-4-6-22(29)7-5-20/h2-10,13,17-18H,11-12,14-16,19H2. The molecule has 2 aliphatic rings. The van der Waals surface area contributed by atoms with Crippen molar-refractivity contribution in [3.8, 4) is 0 Å². The van der Waals surface area contributed by atoms with Crippen LogP contribution in [0.15, 0.2) is 66.9 Å². The van der Waals surface area contributed by atoms with E-state index in [1.165, 1.54) is 0 Å². The molecule has 5 nitrogen and oxygen atoms in total. The second kappa shape index (κ2) is 9.83. The van der Waals surface area contributed by atoms with Crippen molar-refractivity contribution in [3.63, 3.8) is 0 Å². The lowest BCUT2D eigenvalue weighted by Gasteiger charge is -2.39. The fourth-order valence-corrected chi connectivity index (χ4v) is 5.40. The molecule has 0 atom stereocenters. The summed E-state index contributed by atoms with van der Waals surface area (Å²) in [6.07, 6.45) is 7.71. The van der Waals surface area contributed by atoms with Gasteiger partial charge < -0.3 is 4.90 Å². The number of benzene rings is 2. The molecular weight excluding hydrogens is 479 g/mol. The van der Waals surface area contributed by atoms with E-state index >= 15 is 0 Å². The first-order chi connectivity index (χ1) is 17.0. The Balaban J connectivity index is 1.34. The van der Waals surface area contributed by atoms with Gasteiger partial charge in [0.2, 0.25) is 0 Å². The first kappa shape index (κ1) is 23.6. The molecule has 0 unspecified atom stereocenters. The molecule has 1 saturated heterocycles. The molecule has 1 amide bonds. The van der Waals surface area contributed by atoms with Gasteiger partial charge in [0.1, 0.15) is 5.15 Å². The molecule has 0 aliphatic carbocycles. The second-order valence-electron chi connectivity index (χ2n) is 9.11. The largest absolute Gasteiger partial charge is 0.307 e. The number of amides is 1. The molecule has 35 heavy (non-hydrogen) atoms. The summed E-state index contributed by atoms with van der Waals surface area (Å²) in [4.78, 5) is 25.4. The van der Waals surface area contributed by atoms with Crippen molar-refractivity contribution in [1.29, 1.82) is 0 Å². The van der Waals surface area contributed by atoms with E-state index in [-0.39, 0.29) is 11.3 Å². The Bertz CT molecular complexity index is 1320. The molecule has 0 radical (unpaired) electrons. The lowest BCUT2D eigenvalue weighted by molar-refractivity contribution is 0.0977. The summed E-state index contributed by atoms with van der Waals surface area (Å²) in [6.45, 7) is 10.8. The summed E-state index contributed by atoms with van der Waals surface area (Å²) in [5.74, 6) is -0.0867. The van der Waals surface area contributed by atoms with Gasteiger partial charge in [0, 0.05) is 41.0 Å². The van der Waals surface area contributed by atoms with E-state index in [0.29, 0.717) is 22.9 Å². The number of rotatable bonds is 4. The highest BCUT2D eigenvalue weighted by molar-refractivity contribution is 6.30. The maximum absolute atomic E-state index is 13.5. The second-order valence-corrected chi connectivity index (χ2v) is 9.93. The Kier molecular flexibility index (Phi) is 6.62. The quantitative estimate of drug-likeness (QED) is 0.296. The van der Waals surface area contributed by atoms with E-state index in [4.69, 9.17) is 29.8 Å². The normalized spacial score (nSPS) is 17.0. The number of hydrogen-bond acceptors (Lipinski definition) is 3. The summed E-state index contributed by atoms with van der Waals surface area (Å²) in [7, 11) is 0. The molecule has 2 aliphatic heterocycles. The average Bonchev–Trinajstić information content (AvgIpc) is 3.19. The number of anilines is 1. The summed E-state index contributed by atoms with van der Waals surface area (Å²) < 4.78 is 0. The van der Waals surface area contributed by atoms with Crippen LogP contribution in [0.3, 0.4) is 0 Å². The Labute approximate surface area is 215 Å². The zero-order chi connectivity index (χ0) is 24.4.